The fourth-order valence-corrected chi connectivity index (χ4v) is 4.25. The van der Waals surface area contributed by atoms with Crippen LogP contribution in [0.3, 0.4) is 0 Å². The van der Waals surface area contributed by atoms with Crippen molar-refractivity contribution in [2.24, 2.45) is 11.8 Å². The number of carboxylic acid groups (broad SMARTS) is 1. The molecule has 0 aliphatic heterocycles. The van der Waals surface area contributed by atoms with Gasteiger partial charge in [0.15, 0.2) is 0 Å². The van der Waals surface area contributed by atoms with Crippen LogP contribution in [-0.4, -0.2) is 23.0 Å². The molecule has 4 heteroatoms. The molecular formula is C20H27NO3. The van der Waals surface area contributed by atoms with Crippen LogP contribution in [0.1, 0.15) is 56.1 Å². The molecule has 1 fully saturated rings. The number of benzene rings is 1. The molecule has 0 saturated heterocycles. The van der Waals surface area contributed by atoms with Crippen molar-refractivity contribution in [2.75, 3.05) is 0 Å². The summed E-state index contributed by atoms with van der Waals surface area (Å²) in [5.74, 6) is -0.802. The number of amides is 1. The molecule has 1 aromatic carbocycles. The van der Waals surface area contributed by atoms with Crippen molar-refractivity contribution in [1.82, 2.24) is 5.32 Å². The monoisotopic (exact) mass is 329 g/mol. The molecule has 4 nitrogen and oxygen atoms in total. The molecule has 2 N–H and O–H groups in total. The molecule has 0 aromatic heterocycles. The fraction of sp³-hybridized carbons (Fsp3) is 0.600. The van der Waals surface area contributed by atoms with E-state index in [2.05, 4.69) is 29.6 Å². The fourth-order valence-electron chi connectivity index (χ4n) is 4.25. The summed E-state index contributed by atoms with van der Waals surface area (Å²) in [6, 6.07) is 8.27. The van der Waals surface area contributed by atoms with Gasteiger partial charge in [-0.2, -0.15) is 0 Å². The molecule has 0 spiro atoms. The van der Waals surface area contributed by atoms with Gasteiger partial charge in [0.05, 0.1) is 5.92 Å². The third-order valence-electron chi connectivity index (χ3n) is 5.60. The molecular weight excluding hydrogens is 302 g/mol. The van der Waals surface area contributed by atoms with Gasteiger partial charge in [-0.05, 0) is 49.1 Å². The second-order valence-corrected chi connectivity index (χ2v) is 7.34. The van der Waals surface area contributed by atoms with E-state index in [0.29, 0.717) is 18.8 Å². The lowest BCUT2D eigenvalue weighted by Crippen LogP contribution is -2.43. The van der Waals surface area contributed by atoms with Crippen molar-refractivity contribution >= 4 is 11.9 Å². The van der Waals surface area contributed by atoms with E-state index in [0.717, 1.165) is 44.9 Å². The minimum absolute atomic E-state index is 0.0255. The Balaban J connectivity index is 1.56. The third-order valence-corrected chi connectivity index (χ3v) is 5.60. The van der Waals surface area contributed by atoms with E-state index in [1.54, 1.807) is 0 Å². The Bertz CT molecular complexity index is 598. The molecule has 3 atom stereocenters. The van der Waals surface area contributed by atoms with Crippen molar-refractivity contribution < 1.29 is 14.7 Å². The molecule has 2 aliphatic rings. The Hall–Kier alpha value is -1.84. The van der Waals surface area contributed by atoms with Gasteiger partial charge in [0.25, 0.3) is 0 Å². The van der Waals surface area contributed by atoms with Crippen molar-refractivity contribution in [3.8, 4) is 0 Å². The first kappa shape index (κ1) is 17.0. The number of aliphatic carboxylic acids is 1. The van der Waals surface area contributed by atoms with Crippen LogP contribution >= 0.6 is 0 Å². The normalized spacial score (nSPS) is 26.9. The highest BCUT2D eigenvalue weighted by Crippen LogP contribution is 2.28. The summed E-state index contributed by atoms with van der Waals surface area (Å²) in [6.07, 6.45) is 8.03. The molecule has 0 radical (unpaired) electrons. The Morgan fingerprint density at radius 1 is 1.04 bits per heavy atom. The molecule has 3 rings (SSSR count). The first-order valence-corrected chi connectivity index (χ1v) is 9.22. The molecule has 1 amide bonds. The van der Waals surface area contributed by atoms with Crippen LogP contribution in [0.2, 0.25) is 0 Å². The van der Waals surface area contributed by atoms with E-state index >= 15 is 0 Å². The average Bonchev–Trinajstić information content (AvgIpc) is 2.80. The van der Waals surface area contributed by atoms with Gasteiger partial charge in [0, 0.05) is 12.5 Å². The molecule has 0 bridgehead atoms. The summed E-state index contributed by atoms with van der Waals surface area (Å²) in [5, 5.41) is 12.5. The maximum Gasteiger partial charge on any atom is 0.308 e. The van der Waals surface area contributed by atoms with Gasteiger partial charge in [-0.3, -0.25) is 9.59 Å². The zero-order valence-electron chi connectivity index (χ0n) is 14.2. The molecule has 130 valence electrons. The zero-order chi connectivity index (χ0) is 16.9. The predicted octanol–water partition coefficient (Wildman–Crippen LogP) is 3.33. The SMILES string of the molecule is O=C(CC1CCc2ccccc2C1)N[C@H]1CCCCC[C@H]1C(=O)O. The topological polar surface area (TPSA) is 66.4 Å². The average molecular weight is 329 g/mol. The molecule has 24 heavy (non-hydrogen) atoms. The van der Waals surface area contributed by atoms with Gasteiger partial charge in [-0.15, -0.1) is 0 Å². The van der Waals surface area contributed by atoms with Crippen LogP contribution in [-0.2, 0) is 22.4 Å². The highest BCUT2D eigenvalue weighted by molar-refractivity contribution is 5.78. The van der Waals surface area contributed by atoms with Crippen molar-refractivity contribution in [1.29, 1.82) is 0 Å². The van der Waals surface area contributed by atoms with E-state index in [1.165, 1.54) is 11.1 Å². The molecule has 1 aromatic rings. The molecule has 1 saturated carbocycles. The Labute approximate surface area is 143 Å². The van der Waals surface area contributed by atoms with Gasteiger partial charge in [-0.25, -0.2) is 0 Å². The number of nitrogens with one attached hydrogen (secondary N) is 1. The van der Waals surface area contributed by atoms with Crippen LogP contribution in [0.15, 0.2) is 24.3 Å². The summed E-state index contributed by atoms with van der Waals surface area (Å²) in [7, 11) is 0. The quantitative estimate of drug-likeness (QED) is 0.833. The van der Waals surface area contributed by atoms with Gasteiger partial charge >= 0.3 is 5.97 Å². The maximum atomic E-state index is 12.5. The highest BCUT2D eigenvalue weighted by Gasteiger charge is 2.31. The number of hydrogen-bond acceptors (Lipinski definition) is 2. The standard InChI is InChI=1S/C20H27NO3/c22-19(21-18-9-3-1-2-8-17(18)20(23)24)13-14-10-11-15-6-4-5-7-16(15)12-14/h4-7,14,17-18H,1-3,8-13H2,(H,21,22)(H,23,24)/t14?,17-,18+/m1/s1. The maximum absolute atomic E-state index is 12.5. The van der Waals surface area contributed by atoms with Crippen molar-refractivity contribution in [3.05, 3.63) is 35.4 Å². The summed E-state index contributed by atoms with van der Waals surface area (Å²) in [4.78, 5) is 23.9. The Morgan fingerprint density at radius 3 is 2.58 bits per heavy atom. The van der Waals surface area contributed by atoms with Crippen LogP contribution in [0.25, 0.3) is 0 Å². The third kappa shape index (κ3) is 4.16. The Morgan fingerprint density at radius 2 is 1.79 bits per heavy atom. The summed E-state index contributed by atoms with van der Waals surface area (Å²) in [6.45, 7) is 0. The number of hydrogen-bond donors (Lipinski definition) is 2. The largest absolute Gasteiger partial charge is 0.481 e. The number of aryl methyl sites for hydroxylation is 1. The number of fused-ring (bicyclic) bond motifs is 1. The number of carboxylic acids is 1. The van der Waals surface area contributed by atoms with Gasteiger partial charge in [0.1, 0.15) is 0 Å². The van der Waals surface area contributed by atoms with E-state index in [4.69, 9.17) is 0 Å². The van der Waals surface area contributed by atoms with Crippen molar-refractivity contribution in [2.45, 2.75) is 63.8 Å². The molecule has 1 unspecified atom stereocenters. The summed E-state index contributed by atoms with van der Waals surface area (Å²) >= 11 is 0. The number of carbonyl (C=O) groups excluding carboxylic acids is 1. The first-order chi connectivity index (χ1) is 11.6. The van der Waals surface area contributed by atoms with Crippen LogP contribution in [0.4, 0.5) is 0 Å². The predicted molar refractivity (Wildman–Crippen MR) is 92.7 cm³/mol. The lowest BCUT2D eigenvalue weighted by Gasteiger charge is -2.27. The highest BCUT2D eigenvalue weighted by atomic mass is 16.4. The van der Waals surface area contributed by atoms with Gasteiger partial charge in [-0.1, -0.05) is 43.5 Å². The first-order valence-electron chi connectivity index (χ1n) is 9.22. The number of rotatable bonds is 4. The van der Waals surface area contributed by atoms with Crippen LogP contribution < -0.4 is 5.32 Å². The van der Waals surface area contributed by atoms with E-state index in [9.17, 15) is 14.7 Å². The smallest absolute Gasteiger partial charge is 0.308 e. The van der Waals surface area contributed by atoms with E-state index in [1.807, 2.05) is 0 Å². The second kappa shape index (κ2) is 7.82. The number of carbonyl (C=O) groups is 2. The van der Waals surface area contributed by atoms with Crippen LogP contribution in [0, 0.1) is 11.8 Å². The molecule has 2 aliphatic carbocycles. The summed E-state index contributed by atoms with van der Waals surface area (Å²) < 4.78 is 0. The zero-order valence-corrected chi connectivity index (χ0v) is 14.2. The Kier molecular flexibility index (Phi) is 5.54. The van der Waals surface area contributed by atoms with Crippen LogP contribution in [0.5, 0.6) is 0 Å². The van der Waals surface area contributed by atoms with E-state index < -0.39 is 11.9 Å². The minimum atomic E-state index is -0.770. The lowest BCUT2D eigenvalue weighted by atomic mass is 9.82. The van der Waals surface area contributed by atoms with E-state index in [-0.39, 0.29) is 11.9 Å². The van der Waals surface area contributed by atoms with Gasteiger partial charge in [0.2, 0.25) is 5.91 Å². The summed E-state index contributed by atoms with van der Waals surface area (Å²) in [5.41, 5.74) is 2.77. The molecule has 0 heterocycles. The van der Waals surface area contributed by atoms with Gasteiger partial charge < -0.3 is 10.4 Å². The second-order valence-electron chi connectivity index (χ2n) is 7.34. The minimum Gasteiger partial charge on any atom is -0.481 e. The van der Waals surface area contributed by atoms with Crippen molar-refractivity contribution in [3.63, 3.8) is 0 Å². The lowest BCUT2D eigenvalue weighted by molar-refractivity contribution is -0.143.